The van der Waals surface area contributed by atoms with Gasteiger partial charge >= 0.3 is 0 Å². The van der Waals surface area contributed by atoms with Crippen molar-refractivity contribution in [2.75, 3.05) is 5.73 Å². The Bertz CT molecular complexity index is 858. The molecule has 0 atom stereocenters. The molecular formula is C16H15N3OS. The van der Waals surface area contributed by atoms with Gasteiger partial charge < -0.3 is 5.73 Å². The molecule has 0 aliphatic carbocycles. The standard InChI is InChI=1S/C16H15N3OS/c1-11-5-6-13(17)14(8-11)21-10-12-9-16(20)19-7-3-2-4-15(19)18-12/h2-9H,10,17H2,1H3. The lowest BCUT2D eigenvalue weighted by Gasteiger charge is -2.07. The number of aromatic nitrogens is 2. The minimum atomic E-state index is -0.0617. The Hall–Kier alpha value is -2.27. The van der Waals surface area contributed by atoms with E-state index in [4.69, 9.17) is 5.73 Å². The van der Waals surface area contributed by atoms with Crippen LogP contribution in [-0.4, -0.2) is 9.38 Å². The Morgan fingerprint density at radius 3 is 2.95 bits per heavy atom. The summed E-state index contributed by atoms with van der Waals surface area (Å²) >= 11 is 1.60. The van der Waals surface area contributed by atoms with E-state index >= 15 is 0 Å². The van der Waals surface area contributed by atoms with Gasteiger partial charge in [0.05, 0.1) is 5.69 Å². The second-order valence-electron chi connectivity index (χ2n) is 4.84. The summed E-state index contributed by atoms with van der Waals surface area (Å²) in [7, 11) is 0. The summed E-state index contributed by atoms with van der Waals surface area (Å²) in [5, 5.41) is 0. The maximum absolute atomic E-state index is 12.0. The summed E-state index contributed by atoms with van der Waals surface area (Å²) in [6, 6.07) is 13.0. The second kappa shape index (κ2) is 5.61. The summed E-state index contributed by atoms with van der Waals surface area (Å²) < 4.78 is 1.54. The molecule has 0 unspecified atom stereocenters. The number of aryl methyl sites for hydroxylation is 1. The molecule has 1 aromatic carbocycles. The van der Waals surface area contributed by atoms with Crippen molar-refractivity contribution in [2.24, 2.45) is 0 Å². The van der Waals surface area contributed by atoms with Gasteiger partial charge in [0.15, 0.2) is 0 Å². The van der Waals surface area contributed by atoms with E-state index in [1.54, 1.807) is 24.0 Å². The number of hydrogen-bond donors (Lipinski definition) is 1. The van der Waals surface area contributed by atoms with Gasteiger partial charge in [0, 0.05) is 28.6 Å². The van der Waals surface area contributed by atoms with E-state index in [0.717, 1.165) is 16.3 Å². The van der Waals surface area contributed by atoms with Gasteiger partial charge in [-0.25, -0.2) is 4.98 Å². The highest BCUT2D eigenvalue weighted by Crippen LogP contribution is 2.28. The third kappa shape index (κ3) is 2.92. The molecule has 4 nitrogen and oxygen atoms in total. The van der Waals surface area contributed by atoms with Crippen molar-refractivity contribution >= 4 is 23.1 Å². The van der Waals surface area contributed by atoms with Crippen molar-refractivity contribution < 1.29 is 0 Å². The molecule has 0 amide bonds. The summed E-state index contributed by atoms with van der Waals surface area (Å²) in [4.78, 5) is 17.5. The molecule has 0 aliphatic heterocycles. The van der Waals surface area contributed by atoms with E-state index in [-0.39, 0.29) is 5.56 Å². The number of nitrogens with zero attached hydrogens (tertiary/aromatic N) is 2. The number of hydrogen-bond acceptors (Lipinski definition) is 4. The van der Waals surface area contributed by atoms with Crippen LogP contribution in [0.2, 0.25) is 0 Å². The molecule has 0 saturated carbocycles. The van der Waals surface area contributed by atoms with Crippen molar-refractivity contribution in [1.82, 2.24) is 9.38 Å². The number of rotatable bonds is 3. The first-order chi connectivity index (χ1) is 10.1. The fraction of sp³-hybridized carbons (Fsp3) is 0.125. The maximum Gasteiger partial charge on any atom is 0.258 e. The Kier molecular flexibility index (Phi) is 3.66. The van der Waals surface area contributed by atoms with Gasteiger partial charge in [0.2, 0.25) is 0 Å². The molecule has 2 aromatic heterocycles. The number of pyridine rings is 1. The maximum atomic E-state index is 12.0. The Balaban J connectivity index is 1.88. The van der Waals surface area contributed by atoms with Crippen LogP contribution in [0.25, 0.3) is 5.65 Å². The lowest BCUT2D eigenvalue weighted by atomic mass is 10.2. The van der Waals surface area contributed by atoms with Crippen molar-refractivity contribution in [3.8, 4) is 0 Å². The highest BCUT2D eigenvalue weighted by Gasteiger charge is 2.05. The van der Waals surface area contributed by atoms with Gasteiger partial charge in [-0.05, 0) is 36.8 Å². The number of benzene rings is 1. The highest BCUT2D eigenvalue weighted by molar-refractivity contribution is 7.98. The molecule has 0 aliphatic rings. The average Bonchev–Trinajstić information content (AvgIpc) is 2.48. The SMILES string of the molecule is Cc1ccc(N)c(SCc2cc(=O)n3ccccc3n2)c1. The number of fused-ring (bicyclic) bond motifs is 1. The third-order valence-corrected chi connectivity index (χ3v) is 4.27. The zero-order chi connectivity index (χ0) is 14.8. The molecule has 3 aromatic rings. The zero-order valence-electron chi connectivity index (χ0n) is 11.6. The van der Waals surface area contributed by atoms with E-state index in [0.29, 0.717) is 11.4 Å². The van der Waals surface area contributed by atoms with Crippen LogP contribution in [0, 0.1) is 6.92 Å². The lowest BCUT2D eigenvalue weighted by molar-refractivity contribution is 1.01. The number of nitrogen functional groups attached to an aromatic ring is 1. The van der Waals surface area contributed by atoms with Crippen molar-refractivity contribution in [3.63, 3.8) is 0 Å². The zero-order valence-corrected chi connectivity index (χ0v) is 12.4. The van der Waals surface area contributed by atoms with Crippen LogP contribution in [0.5, 0.6) is 0 Å². The van der Waals surface area contributed by atoms with Gasteiger partial charge in [-0.2, -0.15) is 0 Å². The summed E-state index contributed by atoms with van der Waals surface area (Å²) in [6.07, 6.45) is 1.72. The van der Waals surface area contributed by atoms with E-state index in [9.17, 15) is 4.79 Å². The molecular weight excluding hydrogens is 282 g/mol. The predicted octanol–water partition coefficient (Wildman–Crippen LogP) is 2.88. The Morgan fingerprint density at radius 2 is 2.10 bits per heavy atom. The van der Waals surface area contributed by atoms with Crippen LogP contribution in [0.3, 0.4) is 0 Å². The van der Waals surface area contributed by atoms with Crippen molar-refractivity contribution in [2.45, 2.75) is 17.6 Å². The number of thioether (sulfide) groups is 1. The normalized spacial score (nSPS) is 10.9. The van der Waals surface area contributed by atoms with Crippen LogP contribution < -0.4 is 11.3 Å². The van der Waals surface area contributed by atoms with Crippen molar-refractivity contribution in [3.05, 3.63) is 70.3 Å². The van der Waals surface area contributed by atoms with Gasteiger partial charge in [-0.1, -0.05) is 12.1 Å². The van der Waals surface area contributed by atoms with Gasteiger partial charge in [0.25, 0.3) is 5.56 Å². The molecule has 2 heterocycles. The fourth-order valence-corrected chi connectivity index (χ4v) is 3.05. The second-order valence-corrected chi connectivity index (χ2v) is 5.86. The molecule has 0 fully saturated rings. The summed E-state index contributed by atoms with van der Waals surface area (Å²) in [5.74, 6) is 0.619. The van der Waals surface area contributed by atoms with Crippen molar-refractivity contribution in [1.29, 1.82) is 0 Å². The molecule has 0 radical (unpaired) electrons. The molecule has 5 heteroatoms. The number of nitrogens with two attached hydrogens (primary N) is 1. The smallest absolute Gasteiger partial charge is 0.258 e. The van der Waals surface area contributed by atoms with E-state index in [2.05, 4.69) is 4.98 Å². The molecule has 0 spiro atoms. The minimum absolute atomic E-state index is 0.0617. The lowest BCUT2D eigenvalue weighted by Crippen LogP contribution is -2.14. The van der Waals surface area contributed by atoms with Gasteiger partial charge in [-0.3, -0.25) is 9.20 Å². The van der Waals surface area contributed by atoms with Crippen LogP contribution in [0.1, 0.15) is 11.3 Å². The minimum Gasteiger partial charge on any atom is -0.398 e. The van der Waals surface area contributed by atoms with Gasteiger partial charge in [0.1, 0.15) is 5.65 Å². The van der Waals surface area contributed by atoms with E-state index in [1.165, 1.54) is 9.96 Å². The van der Waals surface area contributed by atoms with Crippen LogP contribution in [0.4, 0.5) is 5.69 Å². The quantitative estimate of drug-likeness (QED) is 0.596. The van der Waals surface area contributed by atoms with Crippen LogP contribution >= 0.6 is 11.8 Å². The molecule has 0 saturated heterocycles. The molecule has 3 rings (SSSR count). The average molecular weight is 297 g/mol. The molecule has 0 bridgehead atoms. The molecule has 2 N–H and O–H groups in total. The highest BCUT2D eigenvalue weighted by atomic mass is 32.2. The largest absolute Gasteiger partial charge is 0.398 e. The first kappa shape index (κ1) is 13.7. The summed E-state index contributed by atoms with van der Waals surface area (Å²) in [6.45, 7) is 2.03. The Morgan fingerprint density at radius 1 is 1.24 bits per heavy atom. The van der Waals surface area contributed by atoms with E-state index in [1.807, 2.05) is 43.3 Å². The molecule has 106 valence electrons. The van der Waals surface area contributed by atoms with Crippen LogP contribution in [-0.2, 0) is 5.75 Å². The first-order valence-electron chi connectivity index (χ1n) is 6.60. The van der Waals surface area contributed by atoms with Crippen LogP contribution in [0.15, 0.2) is 58.4 Å². The van der Waals surface area contributed by atoms with Gasteiger partial charge in [-0.15, -0.1) is 11.8 Å². The predicted molar refractivity (Wildman–Crippen MR) is 86.6 cm³/mol. The molecule has 21 heavy (non-hydrogen) atoms. The third-order valence-electron chi connectivity index (χ3n) is 3.17. The monoisotopic (exact) mass is 297 g/mol. The fourth-order valence-electron chi connectivity index (χ4n) is 2.10. The van der Waals surface area contributed by atoms with E-state index < -0.39 is 0 Å². The first-order valence-corrected chi connectivity index (χ1v) is 7.58. The number of anilines is 1. The summed E-state index contributed by atoms with van der Waals surface area (Å²) in [5.41, 5.74) is 9.25. The Labute approximate surface area is 126 Å². The topological polar surface area (TPSA) is 60.4 Å².